The molecule has 0 saturated heterocycles. The second-order valence-corrected chi connectivity index (χ2v) is 9.38. The summed E-state index contributed by atoms with van der Waals surface area (Å²) in [7, 11) is 1.98. The van der Waals surface area contributed by atoms with Gasteiger partial charge in [-0.1, -0.05) is 78.0 Å². The lowest BCUT2D eigenvalue weighted by molar-refractivity contribution is -0.125. The number of amides is 2. The summed E-state index contributed by atoms with van der Waals surface area (Å²) < 4.78 is 7.69. The van der Waals surface area contributed by atoms with Crippen molar-refractivity contribution >= 4 is 22.7 Å². The topological polar surface area (TPSA) is 128 Å². The quantitative estimate of drug-likeness (QED) is 0.258. The maximum Gasteiger partial charge on any atom is 0.249 e. The van der Waals surface area contributed by atoms with Gasteiger partial charge in [0.15, 0.2) is 5.82 Å². The highest BCUT2D eigenvalue weighted by Crippen LogP contribution is 2.26. The van der Waals surface area contributed by atoms with E-state index in [1.54, 1.807) is 0 Å². The van der Waals surface area contributed by atoms with Gasteiger partial charge in [0.25, 0.3) is 0 Å². The van der Waals surface area contributed by atoms with Crippen molar-refractivity contribution in [3.05, 3.63) is 108 Å². The Morgan fingerprint density at radius 2 is 1.67 bits per heavy atom. The Bertz CT molecular complexity index is 1570. The van der Waals surface area contributed by atoms with Gasteiger partial charge in [0.2, 0.25) is 17.7 Å². The summed E-state index contributed by atoms with van der Waals surface area (Å²) in [5, 5.41) is 10.7. The summed E-state index contributed by atoms with van der Waals surface area (Å²) in [6, 6.07) is 25.9. The van der Waals surface area contributed by atoms with Crippen LogP contribution >= 0.6 is 0 Å². The van der Waals surface area contributed by atoms with Gasteiger partial charge in [0, 0.05) is 37.0 Å². The zero-order chi connectivity index (χ0) is 27.2. The lowest BCUT2D eigenvalue weighted by atomic mass is 10.0. The van der Waals surface area contributed by atoms with Crippen molar-refractivity contribution < 1.29 is 14.1 Å². The summed E-state index contributed by atoms with van der Waals surface area (Å²) in [5.74, 6) is 0.0378. The van der Waals surface area contributed by atoms with E-state index < -0.39 is 11.9 Å². The van der Waals surface area contributed by atoms with Gasteiger partial charge in [-0.15, -0.1) is 0 Å². The highest BCUT2D eigenvalue weighted by molar-refractivity contribution is 5.86. The van der Waals surface area contributed by atoms with Crippen LogP contribution in [0.3, 0.4) is 0 Å². The number of hydrogen-bond acceptors (Lipinski definition) is 6. The van der Waals surface area contributed by atoms with Crippen LogP contribution in [-0.2, 0) is 29.5 Å². The fourth-order valence-corrected chi connectivity index (χ4v) is 4.61. The van der Waals surface area contributed by atoms with Crippen molar-refractivity contribution in [3.8, 4) is 11.1 Å². The molecule has 1 unspecified atom stereocenters. The Balaban J connectivity index is 1.35. The largest absolute Gasteiger partial charge is 0.350 e. The summed E-state index contributed by atoms with van der Waals surface area (Å²) in [4.78, 5) is 28.8. The van der Waals surface area contributed by atoms with Crippen LogP contribution in [0, 0.1) is 0 Å². The highest BCUT2D eigenvalue weighted by Gasteiger charge is 2.24. The number of aryl methyl sites for hydroxylation is 1. The fourth-order valence-electron chi connectivity index (χ4n) is 4.61. The minimum atomic E-state index is -0.584. The third-order valence-corrected chi connectivity index (χ3v) is 6.58. The first-order valence-electron chi connectivity index (χ1n) is 12.8. The second-order valence-electron chi connectivity index (χ2n) is 9.38. The Morgan fingerprint density at radius 1 is 0.949 bits per heavy atom. The van der Waals surface area contributed by atoms with Crippen LogP contribution in [0.4, 0.5) is 0 Å². The lowest BCUT2D eigenvalue weighted by Crippen LogP contribution is -2.41. The zero-order valence-corrected chi connectivity index (χ0v) is 21.6. The molecule has 1 atom stereocenters. The molecule has 198 valence electrons. The fraction of sp³-hybridized carbons (Fsp3) is 0.200. The molecule has 4 N–H and O–H groups in total. The highest BCUT2D eigenvalue weighted by atomic mass is 16.5. The van der Waals surface area contributed by atoms with Crippen molar-refractivity contribution in [1.82, 2.24) is 25.3 Å². The molecule has 0 bridgehead atoms. The van der Waals surface area contributed by atoms with Gasteiger partial charge >= 0.3 is 0 Å². The van der Waals surface area contributed by atoms with Gasteiger partial charge in [-0.25, -0.2) is 0 Å². The molecule has 39 heavy (non-hydrogen) atoms. The molecule has 2 heterocycles. The molecule has 9 nitrogen and oxygen atoms in total. The number of carbonyl (C=O) groups excluding carboxylic acids is 2. The molecule has 0 saturated carbocycles. The number of nitrogens with zero attached hydrogens (tertiary/aromatic N) is 3. The summed E-state index contributed by atoms with van der Waals surface area (Å²) >= 11 is 0. The first kappa shape index (κ1) is 25.9. The minimum absolute atomic E-state index is 0.188. The smallest absolute Gasteiger partial charge is 0.249 e. The molecular formula is C30H30N6O3. The van der Waals surface area contributed by atoms with Crippen LogP contribution in [0.25, 0.3) is 22.0 Å². The molecule has 0 spiro atoms. The predicted molar refractivity (Wildman–Crippen MR) is 149 cm³/mol. The Hall–Kier alpha value is -4.76. The number of rotatable bonds is 10. The Morgan fingerprint density at radius 3 is 2.44 bits per heavy atom. The summed E-state index contributed by atoms with van der Waals surface area (Å²) in [5.41, 5.74) is 10.8. The van der Waals surface area contributed by atoms with Crippen LogP contribution in [0.1, 0.15) is 28.9 Å². The normalized spacial score (nSPS) is 11.8. The third kappa shape index (κ3) is 6.22. The van der Waals surface area contributed by atoms with E-state index in [0.717, 1.165) is 33.2 Å². The van der Waals surface area contributed by atoms with E-state index in [-0.39, 0.29) is 19.0 Å². The van der Waals surface area contributed by atoms with E-state index in [4.69, 9.17) is 10.3 Å². The monoisotopic (exact) mass is 522 g/mol. The van der Waals surface area contributed by atoms with Crippen LogP contribution in [0.5, 0.6) is 0 Å². The molecule has 3 aromatic carbocycles. The predicted octanol–water partition coefficient (Wildman–Crippen LogP) is 3.29. The Kier molecular flexibility index (Phi) is 7.79. The van der Waals surface area contributed by atoms with Gasteiger partial charge in [-0.3, -0.25) is 9.59 Å². The Labute approximate surface area is 226 Å². The molecule has 0 radical (unpaired) electrons. The molecule has 0 aliphatic rings. The summed E-state index contributed by atoms with van der Waals surface area (Å²) in [6.45, 7) is -0.386. The van der Waals surface area contributed by atoms with Gasteiger partial charge in [0.1, 0.15) is 6.04 Å². The van der Waals surface area contributed by atoms with E-state index in [0.29, 0.717) is 24.6 Å². The van der Waals surface area contributed by atoms with Crippen molar-refractivity contribution in [1.29, 1.82) is 0 Å². The van der Waals surface area contributed by atoms with Crippen LogP contribution in [0.15, 0.2) is 89.6 Å². The van der Waals surface area contributed by atoms with E-state index in [9.17, 15) is 9.59 Å². The maximum absolute atomic E-state index is 12.7. The van der Waals surface area contributed by atoms with E-state index in [1.807, 2.05) is 72.4 Å². The minimum Gasteiger partial charge on any atom is -0.350 e. The zero-order valence-electron chi connectivity index (χ0n) is 21.6. The van der Waals surface area contributed by atoms with E-state index in [2.05, 4.69) is 45.0 Å². The average Bonchev–Trinajstić information content (AvgIpc) is 3.56. The van der Waals surface area contributed by atoms with Gasteiger partial charge < -0.3 is 25.5 Å². The third-order valence-electron chi connectivity index (χ3n) is 6.58. The number of aromatic nitrogens is 3. The molecule has 2 aromatic heterocycles. The van der Waals surface area contributed by atoms with Gasteiger partial charge in [0.05, 0.1) is 13.1 Å². The number of nitrogens with two attached hydrogens (primary N) is 1. The van der Waals surface area contributed by atoms with E-state index >= 15 is 0 Å². The van der Waals surface area contributed by atoms with Crippen molar-refractivity contribution in [2.45, 2.75) is 18.9 Å². The number of hydrogen-bond donors (Lipinski definition) is 3. The lowest BCUT2D eigenvalue weighted by Gasteiger charge is -2.15. The van der Waals surface area contributed by atoms with Crippen molar-refractivity contribution in [2.75, 3.05) is 13.1 Å². The standard InChI is InChI=1S/C30H30N6O3/c1-36-19-23(24-9-5-6-10-26(24)36)16-25(33-29(38)18-32-28(37)17-31)30-34-27(35-39-30)15-20-11-13-22(14-12-20)21-7-3-2-4-8-21/h2-14,19,25H,15-18,31H2,1H3,(H,32,37)(H,33,38). The average molecular weight is 523 g/mol. The van der Waals surface area contributed by atoms with Crippen LogP contribution < -0.4 is 16.4 Å². The molecular weight excluding hydrogens is 492 g/mol. The van der Waals surface area contributed by atoms with Crippen molar-refractivity contribution in [3.63, 3.8) is 0 Å². The molecule has 9 heteroatoms. The van der Waals surface area contributed by atoms with Crippen LogP contribution in [0.2, 0.25) is 0 Å². The molecule has 5 aromatic rings. The molecule has 0 aliphatic carbocycles. The number of fused-ring (bicyclic) bond motifs is 1. The molecule has 5 rings (SSSR count). The number of benzene rings is 3. The number of carbonyl (C=O) groups is 2. The summed E-state index contributed by atoms with van der Waals surface area (Å²) in [6.07, 6.45) is 2.96. The van der Waals surface area contributed by atoms with Crippen molar-refractivity contribution in [2.24, 2.45) is 12.8 Å². The van der Waals surface area contributed by atoms with Crippen LogP contribution in [-0.4, -0.2) is 39.6 Å². The SMILES string of the molecule is Cn1cc(CC(NC(=O)CNC(=O)CN)c2nc(Cc3ccc(-c4ccccc4)cc3)no2)c2ccccc21. The molecule has 0 fully saturated rings. The molecule has 2 amide bonds. The molecule has 0 aliphatic heterocycles. The van der Waals surface area contributed by atoms with E-state index in [1.165, 1.54) is 0 Å². The van der Waals surface area contributed by atoms with Gasteiger partial charge in [-0.05, 0) is 28.3 Å². The first-order valence-corrected chi connectivity index (χ1v) is 12.8. The first-order chi connectivity index (χ1) is 19.0. The number of para-hydroxylation sites is 1. The maximum atomic E-state index is 12.7. The number of nitrogens with one attached hydrogen (secondary N) is 2. The second kappa shape index (κ2) is 11.7. The van der Waals surface area contributed by atoms with Gasteiger partial charge in [-0.2, -0.15) is 4.98 Å².